The maximum absolute atomic E-state index is 12.9. The predicted octanol–water partition coefficient (Wildman–Crippen LogP) is 3.65. The van der Waals surface area contributed by atoms with Crippen LogP contribution in [0, 0.1) is 5.82 Å². The number of β-amino-alcohol motifs (C(OH)–C–C–N with tert-alkyl or cyclic N) is 1. The summed E-state index contributed by atoms with van der Waals surface area (Å²) in [6, 6.07) is 11.6. The molecule has 1 aliphatic rings. The molecule has 0 radical (unpaired) electrons. The molecule has 0 spiro atoms. The third-order valence-electron chi connectivity index (χ3n) is 4.71. The number of piperazine rings is 1. The summed E-state index contributed by atoms with van der Waals surface area (Å²) in [6.45, 7) is 4.15. The van der Waals surface area contributed by atoms with Gasteiger partial charge in [0.25, 0.3) is 0 Å². The highest BCUT2D eigenvalue weighted by atomic mass is 35.5. The highest BCUT2D eigenvalue weighted by Gasteiger charge is 2.21. The van der Waals surface area contributed by atoms with Gasteiger partial charge in [-0.25, -0.2) is 9.37 Å². The number of hydrogen-bond donors (Lipinski definition) is 1. The number of aromatic nitrogens is 1. The molecule has 1 fully saturated rings. The number of fused-ring (bicyclic) bond motifs is 1. The second-order valence-electron chi connectivity index (χ2n) is 6.81. The fourth-order valence-electron chi connectivity index (χ4n) is 3.22. The minimum absolute atomic E-state index is 0.185. The zero-order valence-corrected chi connectivity index (χ0v) is 16.8. The number of aliphatic hydroxyl groups excluding tert-OH is 1. The van der Waals surface area contributed by atoms with E-state index in [2.05, 4.69) is 9.80 Å². The molecular weight excluding hydrogens is 401 g/mol. The summed E-state index contributed by atoms with van der Waals surface area (Å²) < 4.78 is 19.5. The minimum Gasteiger partial charge on any atom is -0.491 e. The van der Waals surface area contributed by atoms with Crippen LogP contribution in [-0.4, -0.2) is 60.4 Å². The number of benzene rings is 2. The smallest absolute Gasteiger partial charge is 0.186 e. The van der Waals surface area contributed by atoms with Crippen LogP contribution in [-0.2, 0) is 0 Å². The van der Waals surface area contributed by atoms with Crippen molar-refractivity contribution in [2.45, 2.75) is 6.10 Å². The molecule has 1 unspecified atom stereocenters. The van der Waals surface area contributed by atoms with E-state index in [9.17, 15) is 9.50 Å². The second-order valence-corrected chi connectivity index (χ2v) is 8.26. The van der Waals surface area contributed by atoms with Crippen molar-refractivity contribution in [3.8, 4) is 5.75 Å². The van der Waals surface area contributed by atoms with E-state index in [1.807, 2.05) is 18.2 Å². The fourth-order valence-corrected chi connectivity index (χ4v) is 4.51. The summed E-state index contributed by atoms with van der Waals surface area (Å²) in [4.78, 5) is 9.20. The van der Waals surface area contributed by atoms with Crippen LogP contribution in [0.5, 0.6) is 5.75 Å². The van der Waals surface area contributed by atoms with Crippen molar-refractivity contribution in [1.82, 2.24) is 9.88 Å². The predicted molar refractivity (Wildman–Crippen MR) is 111 cm³/mol. The van der Waals surface area contributed by atoms with Gasteiger partial charge in [0.05, 0.1) is 10.2 Å². The Kier molecular flexibility index (Phi) is 5.96. The van der Waals surface area contributed by atoms with E-state index in [1.165, 1.54) is 12.1 Å². The van der Waals surface area contributed by atoms with Crippen LogP contribution in [0.4, 0.5) is 9.52 Å². The molecule has 28 heavy (non-hydrogen) atoms. The Labute approximate surface area is 171 Å². The molecule has 2 aromatic carbocycles. The first-order valence-corrected chi connectivity index (χ1v) is 10.4. The van der Waals surface area contributed by atoms with Gasteiger partial charge in [-0.2, -0.15) is 0 Å². The molecular formula is C20H21ClFN3O2S. The molecule has 5 nitrogen and oxygen atoms in total. The van der Waals surface area contributed by atoms with Gasteiger partial charge >= 0.3 is 0 Å². The quantitative estimate of drug-likeness (QED) is 0.658. The van der Waals surface area contributed by atoms with E-state index >= 15 is 0 Å². The molecule has 1 atom stereocenters. The van der Waals surface area contributed by atoms with E-state index in [0.29, 0.717) is 12.3 Å². The normalized spacial score (nSPS) is 16.5. The average Bonchev–Trinajstić information content (AvgIpc) is 3.11. The molecule has 4 rings (SSSR count). The van der Waals surface area contributed by atoms with E-state index in [-0.39, 0.29) is 12.4 Å². The molecule has 0 bridgehead atoms. The molecule has 3 aromatic rings. The number of hydrogen-bond acceptors (Lipinski definition) is 6. The Hall–Kier alpha value is -1.93. The van der Waals surface area contributed by atoms with Gasteiger partial charge in [-0.1, -0.05) is 22.9 Å². The lowest BCUT2D eigenvalue weighted by atomic mass is 10.2. The Balaban J connectivity index is 1.25. The van der Waals surface area contributed by atoms with Crippen molar-refractivity contribution < 1.29 is 14.2 Å². The van der Waals surface area contributed by atoms with Crippen molar-refractivity contribution in [2.75, 3.05) is 44.2 Å². The third kappa shape index (κ3) is 4.72. The number of halogens is 2. The first-order chi connectivity index (χ1) is 13.6. The first-order valence-electron chi connectivity index (χ1n) is 9.17. The van der Waals surface area contributed by atoms with Crippen LogP contribution in [0.15, 0.2) is 42.5 Å². The average molecular weight is 422 g/mol. The second kappa shape index (κ2) is 8.61. The largest absolute Gasteiger partial charge is 0.491 e. The number of ether oxygens (including phenoxy) is 1. The van der Waals surface area contributed by atoms with Crippen molar-refractivity contribution in [3.63, 3.8) is 0 Å². The molecule has 1 aromatic heterocycles. The SMILES string of the molecule is OC(COc1ccc(F)cc1)CN1CCN(c2nc3ccc(Cl)cc3s2)CC1. The van der Waals surface area contributed by atoms with Crippen molar-refractivity contribution in [2.24, 2.45) is 0 Å². The molecule has 1 N–H and O–H groups in total. The van der Waals surface area contributed by atoms with Crippen LogP contribution in [0.25, 0.3) is 10.2 Å². The number of nitrogens with zero attached hydrogens (tertiary/aromatic N) is 3. The number of anilines is 1. The standard InChI is InChI=1S/C20H21ClFN3O2S/c21-14-1-6-18-19(11-14)28-20(23-18)25-9-7-24(8-10-25)12-16(26)13-27-17-4-2-15(22)3-5-17/h1-6,11,16,26H,7-10,12-13H2. The summed E-state index contributed by atoms with van der Waals surface area (Å²) in [7, 11) is 0. The van der Waals surface area contributed by atoms with Gasteiger partial charge in [0, 0.05) is 37.7 Å². The Morgan fingerprint density at radius 3 is 2.64 bits per heavy atom. The maximum Gasteiger partial charge on any atom is 0.186 e. The number of aliphatic hydroxyl groups is 1. The van der Waals surface area contributed by atoms with Crippen LogP contribution in [0.2, 0.25) is 5.02 Å². The molecule has 0 aliphatic carbocycles. The minimum atomic E-state index is -0.596. The van der Waals surface area contributed by atoms with Gasteiger partial charge < -0.3 is 14.7 Å². The van der Waals surface area contributed by atoms with Crippen LogP contribution in [0.1, 0.15) is 0 Å². The Bertz CT molecular complexity index is 929. The zero-order chi connectivity index (χ0) is 19.5. The van der Waals surface area contributed by atoms with Gasteiger partial charge in [-0.3, -0.25) is 4.90 Å². The molecule has 148 valence electrons. The maximum atomic E-state index is 12.9. The van der Waals surface area contributed by atoms with E-state index in [1.54, 1.807) is 23.5 Å². The molecule has 0 amide bonds. The Morgan fingerprint density at radius 2 is 1.89 bits per heavy atom. The highest BCUT2D eigenvalue weighted by Crippen LogP contribution is 2.31. The topological polar surface area (TPSA) is 48.8 Å². The lowest BCUT2D eigenvalue weighted by Crippen LogP contribution is -2.49. The third-order valence-corrected chi connectivity index (χ3v) is 6.02. The van der Waals surface area contributed by atoms with Gasteiger partial charge in [-0.05, 0) is 42.5 Å². The van der Waals surface area contributed by atoms with Gasteiger partial charge in [0.15, 0.2) is 5.13 Å². The molecule has 1 aliphatic heterocycles. The van der Waals surface area contributed by atoms with E-state index in [0.717, 1.165) is 46.5 Å². The Morgan fingerprint density at radius 1 is 1.14 bits per heavy atom. The summed E-state index contributed by atoms with van der Waals surface area (Å²) in [5.41, 5.74) is 0.972. The van der Waals surface area contributed by atoms with Gasteiger partial charge in [0.2, 0.25) is 0 Å². The van der Waals surface area contributed by atoms with Crippen LogP contribution in [0.3, 0.4) is 0 Å². The van der Waals surface area contributed by atoms with Gasteiger partial charge in [-0.15, -0.1) is 0 Å². The van der Waals surface area contributed by atoms with Crippen LogP contribution < -0.4 is 9.64 Å². The lowest BCUT2D eigenvalue weighted by Gasteiger charge is -2.35. The molecule has 0 saturated carbocycles. The van der Waals surface area contributed by atoms with Crippen molar-refractivity contribution >= 4 is 38.3 Å². The monoisotopic (exact) mass is 421 g/mol. The fraction of sp³-hybridized carbons (Fsp3) is 0.350. The van der Waals surface area contributed by atoms with Gasteiger partial charge in [0.1, 0.15) is 24.3 Å². The van der Waals surface area contributed by atoms with Crippen molar-refractivity contribution in [1.29, 1.82) is 0 Å². The summed E-state index contributed by atoms with van der Waals surface area (Å²) >= 11 is 7.72. The summed E-state index contributed by atoms with van der Waals surface area (Å²) in [5.74, 6) is 0.253. The zero-order valence-electron chi connectivity index (χ0n) is 15.2. The number of thiazole rings is 1. The first kappa shape index (κ1) is 19.4. The van der Waals surface area contributed by atoms with Crippen LogP contribution >= 0.6 is 22.9 Å². The van der Waals surface area contributed by atoms with E-state index in [4.69, 9.17) is 21.3 Å². The molecule has 2 heterocycles. The van der Waals surface area contributed by atoms with Crippen molar-refractivity contribution in [3.05, 3.63) is 53.3 Å². The van der Waals surface area contributed by atoms with E-state index < -0.39 is 6.10 Å². The summed E-state index contributed by atoms with van der Waals surface area (Å²) in [5, 5.41) is 12.0. The summed E-state index contributed by atoms with van der Waals surface area (Å²) in [6.07, 6.45) is -0.596. The number of rotatable bonds is 6. The molecule has 8 heteroatoms. The highest BCUT2D eigenvalue weighted by molar-refractivity contribution is 7.22. The molecule has 1 saturated heterocycles. The lowest BCUT2D eigenvalue weighted by molar-refractivity contribution is 0.0663.